The Labute approximate surface area is 184 Å². The first-order valence-electron chi connectivity index (χ1n) is 9.82. The number of aliphatic hydroxyl groups excluding tert-OH is 1. The van der Waals surface area contributed by atoms with E-state index in [0.29, 0.717) is 21.4 Å². The van der Waals surface area contributed by atoms with E-state index in [9.17, 15) is 14.7 Å². The van der Waals surface area contributed by atoms with Crippen LogP contribution in [0.15, 0.2) is 48.0 Å². The number of ketones is 1. The molecule has 0 radical (unpaired) electrons. The second kappa shape index (κ2) is 8.32. The van der Waals surface area contributed by atoms with Crippen LogP contribution in [0.25, 0.3) is 5.76 Å². The smallest absolute Gasteiger partial charge is 0.295 e. The van der Waals surface area contributed by atoms with Gasteiger partial charge in [0.1, 0.15) is 11.5 Å². The number of Topliss-reactive ketones (excluding diaryl/α,β-unsaturated/α-hetero) is 1. The molecule has 1 aliphatic heterocycles. The predicted octanol–water partition coefficient (Wildman–Crippen LogP) is 5.37. The first-order valence-corrected chi connectivity index (χ1v) is 10.6. The SMILES string of the molecule is COc1ccc(Cl)cc1/C(O)=C1\C(=O)C(=O)N(C2CCCC2)C1c1ccc(Cl)cc1. The highest BCUT2D eigenvalue weighted by Crippen LogP contribution is 2.44. The first kappa shape index (κ1) is 20.8. The van der Waals surface area contributed by atoms with Gasteiger partial charge in [0.2, 0.25) is 0 Å². The molecular formula is C23H21Cl2NO4. The van der Waals surface area contributed by atoms with E-state index in [1.165, 1.54) is 13.2 Å². The van der Waals surface area contributed by atoms with E-state index in [1.807, 2.05) is 0 Å². The number of benzene rings is 2. The summed E-state index contributed by atoms with van der Waals surface area (Å²) in [5.41, 5.74) is 1.02. The summed E-state index contributed by atoms with van der Waals surface area (Å²) in [5.74, 6) is -1.24. The maximum atomic E-state index is 13.1. The second-order valence-electron chi connectivity index (χ2n) is 7.54. The van der Waals surface area contributed by atoms with Crippen molar-refractivity contribution in [1.82, 2.24) is 4.90 Å². The van der Waals surface area contributed by atoms with Gasteiger partial charge in [-0.15, -0.1) is 0 Å². The van der Waals surface area contributed by atoms with Crippen LogP contribution in [0.2, 0.25) is 10.0 Å². The van der Waals surface area contributed by atoms with E-state index in [1.54, 1.807) is 41.3 Å². The van der Waals surface area contributed by atoms with Gasteiger partial charge < -0.3 is 14.7 Å². The Hall–Kier alpha value is -2.50. The van der Waals surface area contributed by atoms with Crippen LogP contribution < -0.4 is 4.74 Å². The molecule has 0 bridgehead atoms. The zero-order chi connectivity index (χ0) is 21.4. The van der Waals surface area contributed by atoms with Crippen LogP contribution in [0.5, 0.6) is 5.75 Å². The molecule has 4 rings (SSSR count). The van der Waals surface area contributed by atoms with Crippen molar-refractivity contribution in [3.05, 3.63) is 69.2 Å². The summed E-state index contributed by atoms with van der Waals surface area (Å²) in [7, 11) is 1.47. The van der Waals surface area contributed by atoms with E-state index in [-0.39, 0.29) is 22.9 Å². The minimum atomic E-state index is -0.707. The van der Waals surface area contributed by atoms with Gasteiger partial charge in [-0.25, -0.2) is 0 Å². The van der Waals surface area contributed by atoms with Crippen LogP contribution >= 0.6 is 23.2 Å². The lowest BCUT2D eigenvalue weighted by Gasteiger charge is -2.30. The molecule has 5 nitrogen and oxygen atoms in total. The van der Waals surface area contributed by atoms with E-state index in [4.69, 9.17) is 27.9 Å². The summed E-state index contributed by atoms with van der Waals surface area (Å²) in [6.45, 7) is 0. The number of nitrogens with zero attached hydrogens (tertiary/aromatic N) is 1. The van der Waals surface area contributed by atoms with E-state index < -0.39 is 17.7 Å². The van der Waals surface area contributed by atoms with Gasteiger partial charge in [0.05, 0.1) is 24.3 Å². The summed E-state index contributed by atoms with van der Waals surface area (Å²) < 4.78 is 5.35. The van der Waals surface area contributed by atoms with Crippen molar-refractivity contribution in [2.45, 2.75) is 37.8 Å². The molecule has 1 N–H and O–H groups in total. The highest BCUT2D eigenvalue weighted by atomic mass is 35.5. The van der Waals surface area contributed by atoms with Crippen LogP contribution in [-0.4, -0.2) is 34.8 Å². The molecule has 1 aliphatic carbocycles. The summed E-state index contributed by atoms with van der Waals surface area (Å²) in [4.78, 5) is 27.8. The van der Waals surface area contributed by atoms with Crippen molar-refractivity contribution in [1.29, 1.82) is 0 Å². The highest BCUT2D eigenvalue weighted by Gasteiger charge is 2.49. The molecule has 2 aromatic carbocycles. The average Bonchev–Trinajstić information content (AvgIpc) is 3.35. The number of carbonyl (C=O) groups excluding carboxylic acids is 2. The third kappa shape index (κ3) is 3.57. The fraction of sp³-hybridized carbons (Fsp3) is 0.304. The number of halogens is 2. The molecule has 1 heterocycles. The molecular weight excluding hydrogens is 425 g/mol. The van der Waals surface area contributed by atoms with Crippen LogP contribution in [0, 0.1) is 0 Å². The molecule has 2 fully saturated rings. The molecule has 0 spiro atoms. The normalized spacial score (nSPS) is 21.4. The predicted molar refractivity (Wildman–Crippen MR) is 116 cm³/mol. The number of amides is 1. The molecule has 2 aliphatic rings. The number of carbonyl (C=O) groups is 2. The van der Waals surface area contributed by atoms with Gasteiger partial charge in [0, 0.05) is 16.1 Å². The molecule has 1 saturated heterocycles. The minimum Gasteiger partial charge on any atom is -0.507 e. The maximum Gasteiger partial charge on any atom is 0.295 e. The average molecular weight is 446 g/mol. The van der Waals surface area contributed by atoms with Gasteiger partial charge in [0.15, 0.2) is 0 Å². The number of aliphatic hydroxyl groups is 1. The van der Waals surface area contributed by atoms with Gasteiger partial charge >= 0.3 is 0 Å². The van der Waals surface area contributed by atoms with Crippen LogP contribution in [0.4, 0.5) is 0 Å². The Morgan fingerprint density at radius 2 is 1.67 bits per heavy atom. The summed E-state index contributed by atoms with van der Waals surface area (Å²) in [6.07, 6.45) is 3.67. The number of likely N-dealkylation sites (tertiary alicyclic amines) is 1. The summed E-state index contributed by atoms with van der Waals surface area (Å²) in [5, 5.41) is 12.1. The topological polar surface area (TPSA) is 66.8 Å². The van der Waals surface area contributed by atoms with Crippen molar-refractivity contribution in [3.63, 3.8) is 0 Å². The largest absolute Gasteiger partial charge is 0.507 e. The fourth-order valence-electron chi connectivity index (χ4n) is 4.39. The van der Waals surface area contributed by atoms with Gasteiger partial charge in [-0.2, -0.15) is 0 Å². The van der Waals surface area contributed by atoms with Crippen molar-refractivity contribution in [2.75, 3.05) is 7.11 Å². The van der Waals surface area contributed by atoms with Crippen molar-refractivity contribution in [2.24, 2.45) is 0 Å². The lowest BCUT2D eigenvalue weighted by Crippen LogP contribution is -2.37. The lowest BCUT2D eigenvalue weighted by molar-refractivity contribution is -0.141. The Morgan fingerprint density at radius 1 is 1.03 bits per heavy atom. The van der Waals surface area contributed by atoms with E-state index in [2.05, 4.69) is 0 Å². The minimum absolute atomic E-state index is 0.0368. The van der Waals surface area contributed by atoms with Gasteiger partial charge in [-0.3, -0.25) is 9.59 Å². The number of ether oxygens (including phenoxy) is 1. The maximum absolute atomic E-state index is 13.1. The monoisotopic (exact) mass is 445 g/mol. The Bertz CT molecular complexity index is 1030. The van der Waals surface area contributed by atoms with Gasteiger partial charge in [-0.05, 0) is 48.7 Å². The number of rotatable bonds is 4. The molecule has 1 atom stereocenters. The molecule has 7 heteroatoms. The lowest BCUT2D eigenvalue weighted by atomic mass is 9.94. The molecule has 1 saturated carbocycles. The Balaban J connectivity index is 1.92. The number of methoxy groups -OCH3 is 1. The quantitative estimate of drug-likeness (QED) is 0.390. The summed E-state index contributed by atoms with van der Waals surface area (Å²) in [6, 6.07) is 11.0. The zero-order valence-corrected chi connectivity index (χ0v) is 17.9. The number of hydrogen-bond acceptors (Lipinski definition) is 4. The highest BCUT2D eigenvalue weighted by molar-refractivity contribution is 6.46. The van der Waals surface area contributed by atoms with E-state index in [0.717, 1.165) is 25.7 Å². The third-order valence-corrected chi connectivity index (χ3v) is 6.29. The molecule has 2 aromatic rings. The van der Waals surface area contributed by atoms with Crippen LogP contribution in [0.3, 0.4) is 0 Å². The van der Waals surface area contributed by atoms with Crippen LogP contribution in [0.1, 0.15) is 42.9 Å². The molecule has 156 valence electrons. The van der Waals surface area contributed by atoms with Crippen molar-refractivity contribution >= 4 is 40.7 Å². The standard InChI is InChI=1S/C23H21Cl2NO4/c1-30-18-11-10-15(25)12-17(18)21(27)19-20(13-6-8-14(24)9-7-13)26(23(29)22(19)28)16-4-2-3-5-16/h6-12,16,20,27H,2-5H2,1H3/b21-19+. The fourth-order valence-corrected chi connectivity index (χ4v) is 4.69. The van der Waals surface area contributed by atoms with Crippen molar-refractivity contribution in [3.8, 4) is 5.75 Å². The molecule has 0 aromatic heterocycles. The molecule has 1 unspecified atom stereocenters. The number of hydrogen-bond donors (Lipinski definition) is 1. The zero-order valence-electron chi connectivity index (χ0n) is 16.4. The third-order valence-electron chi connectivity index (χ3n) is 5.80. The first-order chi connectivity index (χ1) is 14.4. The molecule has 30 heavy (non-hydrogen) atoms. The second-order valence-corrected chi connectivity index (χ2v) is 8.41. The Morgan fingerprint density at radius 3 is 2.30 bits per heavy atom. The van der Waals surface area contributed by atoms with Gasteiger partial charge in [0.25, 0.3) is 11.7 Å². The Kier molecular flexibility index (Phi) is 5.76. The molecule has 1 amide bonds. The van der Waals surface area contributed by atoms with E-state index >= 15 is 0 Å². The van der Waals surface area contributed by atoms with Crippen molar-refractivity contribution < 1.29 is 19.4 Å². The summed E-state index contributed by atoms with van der Waals surface area (Å²) >= 11 is 12.2. The van der Waals surface area contributed by atoms with Gasteiger partial charge in [-0.1, -0.05) is 48.2 Å². The van der Waals surface area contributed by atoms with Crippen LogP contribution in [-0.2, 0) is 9.59 Å².